The van der Waals surface area contributed by atoms with Crippen LogP contribution in [0.15, 0.2) is 28.9 Å². The highest BCUT2D eigenvalue weighted by molar-refractivity contribution is 5.88. The number of hydrogen-bond donors (Lipinski definition) is 1. The first-order valence-corrected chi connectivity index (χ1v) is 7.40. The molecule has 22 heavy (non-hydrogen) atoms. The summed E-state index contributed by atoms with van der Waals surface area (Å²) in [7, 11) is 1.60. The molecule has 4 nitrogen and oxygen atoms in total. The molecule has 0 aliphatic carbocycles. The van der Waals surface area contributed by atoms with E-state index < -0.39 is 5.54 Å². The predicted octanol–water partition coefficient (Wildman–Crippen LogP) is 3.29. The molecule has 0 aliphatic rings. The van der Waals surface area contributed by atoms with E-state index in [-0.39, 0.29) is 12.3 Å². The number of amides is 1. The standard InChI is InChI=1S/C18H21NO3/c1-5-18(6-2,7-3)19-17(20)10-13-12-22-16-11-14(21-4)8-9-15(13)16/h1,8-9,11-12H,6-7,10H2,2-4H3,(H,19,20). The first-order valence-electron chi connectivity index (χ1n) is 7.40. The number of ether oxygens (including phenoxy) is 1. The molecule has 2 rings (SSSR count). The molecule has 1 amide bonds. The van der Waals surface area contributed by atoms with Crippen LogP contribution in [-0.2, 0) is 11.2 Å². The van der Waals surface area contributed by atoms with Crippen molar-refractivity contribution in [2.24, 2.45) is 0 Å². The summed E-state index contributed by atoms with van der Waals surface area (Å²) < 4.78 is 10.7. The van der Waals surface area contributed by atoms with Crippen molar-refractivity contribution >= 4 is 16.9 Å². The Balaban J connectivity index is 2.17. The SMILES string of the molecule is C#CC(CC)(CC)NC(=O)Cc1coc2cc(OC)ccc12. The first-order chi connectivity index (χ1) is 10.6. The van der Waals surface area contributed by atoms with Gasteiger partial charge in [-0.05, 0) is 25.0 Å². The van der Waals surface area contributed by atoms with Crippen molar-refractivity contribution in [2.75, 3.05) is 7.11 Å². The van der Waals surface area contributed by atoms with E-state index in [1.807, 2.05) is 26.0 Å². The van der Waals surface area contributed by atoms with E-state index in [0.29, 0.717) is 18.4 Å². The maximum absolute atomic E-state index is 12.3. The first kappa shape index (κ1) is 16.0. The topological polar surface area (TPSA) is 51.5 Å². The number of rotatable bonds is 6. The number of carbonyl (C=O) groups excluding carboxylic acids is 1. The Hall–Kier alpha value is -2.41. The fourth-order valence-electron chi connectivity index (χ4n) is 2.48. The third kappa shape index (κ3) is 3.09. The second-order valence-electron chi connectivity index (χ2n) is 5.28. The minimum Gasteiger partial charge on any atom is -0.497 e. The molecule has 1 aromatic heterocycles. The molecule has 0 bridgehead atoms. The number of fused-ring (bicyclic) bond motifs is 1. The second-order valence-corrected chi connectivity index (χ2v) is 5.28. The number of hydrogen-bond acceptors (Lipinski definition) is 3. The lowest BCUT2D eigenvalue weighted by Gasteiger charge is -2.26. The van der Waals surface area contributed by atoms with Crippen LogP contribution in [0.2, 0.25) is 0 Å². The van der Waals surface area contributed by atoms with E-state index in [2.05, 4.69) is 11.2 Å². The number of carbonyl (C=O) groups is 1. The minimum absolute atomic E-state index is 0.0971. The minimum atomic E-state index is -0.570. The van der Waals surface area contributed by atoms with Gasteiger partial charge in [0.25, 0.3) is 0 Å². The zero-order valence-electron chi connectivity index (χ0n) is 13.2. The largest absolute Gasteiger partial charge is 0.497 e. The summed E-state index contributed by atoms with van der Waals surface area (Å²) in [6.07, 6.45) is 8.83. The monoisotopic (exact) mass is 299 g/mol. The van der Waals surface area contributed by atoms with Gasteiger partial charge in [-0.3, -0.25) is 4.79 Å². The fraction of sp³-hybridized carbons (Fsp3) is 0.389. The number of benzene rings is 1. The van der Waals surface area contributed by atoms with E-state index in [4.69, 9.17) is 15.6 Å². The summed E-state index contributed by atoms with van der Waals surface area (Å²) in [5.74, 6) is 3.33. The Morgan fingerprint density at radius 2 is 2.14 bits per heavy atom. The van der Waals surface area contributed by atoms with Crippen LogP contribution < -0.4 is 10.1 Å². The van der Waals surface area contributed by atoms with E-state index in [0.717, 1.165) is 16.7 Å². The molecule has 1 heterocycles. The molecular weight excluding hydrogens is 278 g/mol. The van der Waals surface area contributed by atoms with Gasteiger partial charge in [0.2, 0.25) is 5.91 Å². The van der Waals surface area contributed by atoms with Crippen LogP contribution in [0, 0.1) is 12.3 Å². The van der Waals surface area contributed by atoms with Gasteiger partial charge in [-0.2, -0.15) is 0 Å². The fourth-order valence-corrected chi connectivity index (χ4v) is 2.48. The molecule has 0 aliphatic heterocycles. The average molecular weight is 299 g/mol. The lowest BCUT2D eigenvalue weighted by Crippen LogP contribution is -2.47. The summed E-state index contributed by atoms with van der Waals surface area (Å²) in [4.78, 5) is 12.3. The Labute approximate surface area is 130 Å². The van der Waals surface area contributed by atoms with Crippen molar-refractivity contribution in [1.82, 2.24) is 5.32 Å². The van der Waals surface area contributed by atoms with Crippen molar-refractivity contribution in [3.63, 3.8) is 0 Å². The van der Waals surface area contributed by atoms with Crippen LogP contribution in [0.1, 0.15) is 32.3 Å². The van der Waals surface area contributed by atoms with Crippen molar-refractivity contribution in [3.8, 4) is 18.1 Å². The molecule has 0 spiro atoms. The van der Waals surface area contributed by atoms with Gasteiger partial charge >= 0.3 is 0 Å². The summed E-state index contributed by atoms with van der Waals surface area (Å²) in [5.41, 5.74) is 0.976. The van der Waals surface area contributed by atoms with Crippen molar-refractivity contribution in [1.29, 1.82) is 0 Å². The normalized spacial score (nSPS) is 11.2. The molecule has 1 aromatic carbocycles. The number of methoxy groups -OCH3 is 1. The van der Waals surface area contributed by atoms with Crippen molar-refractivity contribution in [3.05, 3.63) is 30.0 Å². The zero-order chi connectivity index (χ0) is 16.2. The zero-order valence-corrected chi connectivity index (χ0v) is 13.2. The Bertz CT molecular complexity index is 705. The summed E-state index contributed by atoms with van der Waals surface area (Å²) in [5, 5.41) is 3.88. The van der Waals surface area contributed by atoms with Gasteiger partial charge in [-0.25, -0.2) is 0 Å². The number of furan rings is 1. The van der Waals surface area contributed by atoms with Crippen LogP contribution in [0.4, 0.5) is 0 Å². The third-order valence-corrected chi connectivity index (χ3v) is 4.08. The molecule has 1 N–H and O–H groups in total. The molecule has 0 saturated heterocycles. The smallest absolute Gasteiger partial charge is 0.225 e. The quantitative estimate of drug-likeness (QED) is 0.833. The Kier molecular flexibility index (Phi) is 4.77. The van der Waals surface area contributed by atoms with Gasteiger partial charge in [0.05, 0.1) is 19.8 Å². The molecule has 0 fully saturated rings. The van der Waals surface area contributed by atoms with Crippen LogP contribution >= 0.6 is 0 Å². The lowest BCUT2D eigenvalue weighted by atomic mass is 9.93. The molecular formula is C18H21NO3. The van der Waals surface area contributed by atoms with Crippen LogP contribution in [-0.4, -0.2) is 18.6 Å². The Morgan fingerprint density at radius 1 is 1.41 bits per heavy atom. The van der Waals surface area contributed by atoms with Gasteiger partial charge in [0.1, 0.15) is 16.9 Å². The summed E-state index contributed by atoms with van der Waals surface area (Å²) in [6, 6.07) is 5.55. The second kappa shape index (κ2) is 6.57. The van der Waals surface area contributed by atoms with E-state index in [1.54, 1.807) is 19.4 Å². The highest BCUT2D eigenvalue weighted by Crippen LogP contribution is 2.26. The van der Waals surface area contributed by atoms with E-state index in [1.165, 1.54) is 0 Å². The van der Waals surface area contributed by atoms with E-state index >= 15 is 0 Å². The van der Waals surface area contributed by atoms with Gasteiger partial charge in [-0.15, -0.1) is 6.42 Å². The van der Waals surface area contributed by atoms with Gasteiger partial charge in [0.15, 0.2) is 0 Å². The van der Waals surface area contributed by atoms with Crippen molar-refractivity contribution < 1.29 is 13.9 Å². The molecule has 4 heteroatoms. The van der Waals surface area contributed by atoms with Crippen LogP contribution in [0.3, 0.4) is 0 Å². The third-order valence-electron chi connectivity index (χ3n) is 4.08. The molecule has 0 atom stereocenters. The van der Waals surface area contributed by atoms with Gasteiger partial charge in [0, 0.05) is 17.0 Å². The van der Waals surface area contributed by atoms with Crippen LogP contribution in [0.5, 0.6) is 5.75 Å². The van der Waals surface area contributed by atoms with E-state index in [9.17, 15) is 4.79 Å². The van der Waals surface area contributed by atoms with Gasteiger partial charge in [-0.1, -0.05) is 19.8 Å². The average Bonchev–Trinajstić information content (AvgIpc) is 2.94. The Morgan fingerprint density at radius 3 is 2.73 bits per heavy atom. The highest BCUT2D eigenvalue weighted by Gasteiger charge is 2.25. The molecule has 116 valence electrons. The molecule has 0 saturated carbocycles. The summed E-state index contributed by atoms with van der Waals surface area (Å²) >= 11 is 0. The van der Waals surface area contributed by atoms with Crippen molar-refractivity contribution in [2.45, 2.75) is 38.6 Å². The predicted molar refractivity (Wildman–Crippen MR) is 86.8 cm³/mol. The number of nitrogens with one attached hydrogen (secondary N) is 1. The molecule has 0 unspecified atom stereocenters. The molecule has 0 radical (unpaired) electrons. The number of terminal acetylenes is 1. The maximum Gasteiger partial charge on any atom is 0.225 e. The maximum atomic E-state index is 12.3. The summed E-state index contributed by atoms with van der Waals surface area (Å²) in [6.45, 7) is 3.95. The lowest BCUT2D eigenvalue weighted by molar-refractivity contribution is -0.121. The van der Waals surface area contributed by atoms with Crippen LogP contribution in [0.25, 0.3) is 11.0 Å². The molecule has 2 aromatic rings. The van der Waals surface area contributed by atoms with Gasteiger partial charge < -0.3 is 14.5 Å². The highest BCUT2D eigenvalue weighted by atomic mass is 16.5.